The van der Waals surface area contributed by atoms with Gasteiger partial charge in [-0.15, -0.1) is 9.98 Å². The first-order valence-corrected chi connectivity index (χ1v) is 5.36. The molecule has 2 aromatic rings. The minimum atomic E-state index is -2.55. The Bertz CT molecular complexity index is 580. The van der Waals surface area contributed by atoms with E-state index in [1.54, 1.807) is 0 Å². The molecule has 0 aromatic carbocycles. The highest BCUT2D eigenvalue weighted by atomic mass is 31.1. The first kappa shape index (κ1) is 10.5. The summed E-state index contributed by atoms with van der Waals surface area (Å²) in [6.07, 6.45) is 2.74. The Labute approximate surface area is 90.0 Å². The zero-order valence-electron chi connectivity index (χ0n) is 7.86. The van der Waals surface area contributed by atoms with Crippen LogP contribution in [0.1, 0.15) is 10.5 Å². The number of hydrogen-bond acceptors (Lipinski definition) is 4. The van der Waals surface area contributed by atoms with E-state index < -0.39 is 14.1 Å². The highest BCUT2D eigenvalue weighted by Gasteiger charge is 2.15. The lowest BCUT2D eigenvalue weighted by Gasteiger charge is -1.96. The van der Waals surface area contributed by atoms with Crippen molar-refractivity contribution < 1.29 is 14.3 Å². The molecule has 0 spiro atoms. The van der Waals surface area contributed by atoms with Crippen molar-refractivity contribution in [2.75, 3.05) is 5.09 Å². The second kappa shape index (κ2) is 3.84. The second-order valence-electron chi connectivity index (χ2n) is 2.88. The molecule has 82 valence electrons. The molecule has 0 saturated carbocycles. The molecular formula is C7H7N5O3P+. The SMILES string of the molecule is NC(=O)c1cn2c(N[P+](=O)O)ccnc2n1. The van der Waals surface area contributed by atoms with Gasteiger partial charge in [-0.25, -0.2) is 9.97 Å². The van der Waals surface area contributed by atoms with Crippen molar-refractivity contribution in [1.82, 2.24) is 14.4 Å². The summed E-state index contributed by atoms with van der Waals surface area (Å²) in [4.78, 5) is 27.3. The van der Waals surface area contributed by atoms with Crippen LogP contribution in [0.4, 0.5) is 5.82 Å². The van der Waals surface area contributed by atoms with E-state index in [0.29, 0.717) is 5.82 Å². The zero-order valence-corrected chi connectivity index (χ0v) is 8.76. The van der Waals surface area contributed by atoms with Gasteiger partial charge in [0.05, 0.1) is 0 Å². The van der Waals surface area contributed by atoms with Gasteiger partial charge in [-0.2, -0.15) is 0 Å². The maximum absolute atomic E-state index is 10.9. The minimum absolute atomic E-state index is 0.0370. The Hall–Kier alpha value is -2.05. The van der Waals surface area contributed by atoms with Crippen LogP contribution in [0.5, 0.6) is 0 Å². The maximum atomic E-state index is 10.9. The van der Waals surface area contributed by atoms with Crippen LogP contribution in [0.2, 0.25) is 0 Å². The number of anilines is 1. The molecule has 8 nitrogen and oxygen atoms in total. The fraction of sp³-hybridized carbons (Fsp3) is 0. The van der Waals surface area contributed by atoms with E-state index in [-0.39, 0.29) is 11.5 Å². The van der Waals surface area contributed by atoms with Crippen LogP contribution in [-0.2, 0) is 4.57 Å². The highest BCUT2D eigenvalue weighted by Crippen LogP contribution is 2.19. The van der Waals surface area contributed by atoms with Gasteiger partial charge in [-0.3, -0.25) is 9.20 Å². The zero-order chi connectivity index (χ0) is 11.7. The molecule has 1 amide bonds. The molecule has 0 aliphatic carbocycles. The number of amides is 1. The van der Waals surface area contributed by atoms with E-state index in [0.717, 1.165) is 0 Å². The number of aromatic nitrogens is 3. The number of carbonyl (C=O) groups excluding carboxylic acids is 1. The van der Waals surface area contributed by atoms with Crippen molar-refractivity contribution in [2.45, 2.75) is 0 Å². The Balaban J connectivity index is 2.58. The molecule has 0 aliphatic rings. The maximum Gasteiger partial charge on any atom is 0.641 e. The van der Waals surface area contributed by atoms with Gasteiger partial charge in [0.1, 0.15) is 5.69 Å². The third-order valence-corrected chi connectivity index (χ3v) is 2.25. The highest BCUT2D eigenvalue weighted by molar-refractivity contribution is 7.39. The number of hydrogen-bond donors (Lipinski definition) is 3. The summed E-state index contributed by atoms with van der Waals surface area (Å²) < 4.78 is 12.0. The molecule has 0 bridgehead atoms. The summed E-state index contributed by atoms with van der Waals surface area (Å²) in [7, 11) is -2.55. The number of fused-ring (bicyclic) bond motifs is 1. The monoisotopic (exact) mass is 240 g/mol. The smallest absolute Gasteiger partial charge is 0.364 e. The van der Waals surface area contributed by atoms with E-state index in [1.807, 2.05) is 0 Å². The van der Waals surface area contributed by atoms with Crippen molar-refractivity contribution in [1.29, 1.82) is 0 Å². The molecule has 1 atom stereocenters. The summed E-state index contributed by atoms with van der Waals surface area (Å²) >= 11 is 0. The Kier molecular flexibility index (Phi) is 2.51. The number of carbonyl (C=O) groups is 1. The largest absolute Gasteiger partial charge is 0.641 e. The van der Waals surface area contributed by atoms with Crippen LogP contribution in [0.25, 0.3) is 5.78 Å². The molecule has 0 saturated heterocycles. The van der Waals surface area contributed by atoms with E-state index in [1.165, 1.54) is 22.9 Å². The van der Waals surface area contributed by atoms with Gasteiger partial charge >= 0.3 is 8.18 Å². The van der Waals surface area contributed by atoms with E-state index >= 15 is 0 Å². The van der Waals surface area contributed by atoms with Crippen molar-refractivity contribution >= 4 is 25.7 Å². The van der Waals surface area contributed by atoms with E-state index in [9.17, 15) is 9.36 Å². The summed E-state index contributed by atoms with van der Waals surface area (Å²) in [5, 5.41) is 2.30. The molecule has 9 heteroatoms. The quantitative estimate of drug-likeness (QED) is 0.643. The predicted molar refractivity (Wildman–Crippen MR) is 55.0 cm³/mol. The van der Waals surface area contributed by atoms with Gasteiger partial charge in [-0.05, 0) is 4.57 Å². The van der Waals surface area contributed by atoms with Gasteiger partial charge in [0.15, 0.2) is 5.82 Å². The average Bonchev–Trinajstić information content (AvgIpc) is 2.61. The van der Waals surface area contributed by atoms with Crippen LogP contribution in [-0.4, -0.2) is 25.2 Å². The van der Waals surface area contributed by atoms with Gasteiger partial charge in [0.25, 0.3) is 5.91 Å². The molecular weight excluding hydrogens is 233 g/mol. The number of nitrogens with zero attached hydrogens (tertiary/aromatic N) is 3. The fourth-order valence-electron chi connectivity index (χ4n) is 1.20. The van der Waals surface area contributed by atoms with Crippen LogP contribution >= 0.6 is 8.18 Å². The van der Waals surface area contributed by atoms with Crippen molar-refractivity contribution in [3.05, 3.63) is 24.2 Å². The van der Waals surface area contributed by atoms with Gasteiger partial charge in [0.2, 0.25) is 5.78 Å². The molecule has 2 aromatic heterocycles. The predicted octanol–water partition coefficient (Wildman–Crippen LogP) is -0.110. The first-order valence-electron chi connectivity index (χ1n) is 4.14. The standard InChI is InChI=1S/C7H6N5O3P/c8-6(13)4-3-12-5(11-16(14)15)1-2-9-7(12)10-4/h1-3H,(H3-,8,9,10,11,13,14,15)/p+1. The third kappa shape index (κ3) is 1.83. The third-order valence-electron chi connectivity index (χ3n) is 1.83. The van der Waals surface area contributed by atoms with Crippen LogP contribution < -0.4 is 10.8 Å². The van der Waals surface area contributed by atoms with Gasteiger partial charge < -0.3 is 5.73 Å². The van der Waals surface area contributed by atoms with Crippen LogP contribution in [0.15, 0.2) is 18.5 Å². The first-order chi connectivity index (χ1) is 7.58. The topological polar surface area (TPSA) is 123 Å². The Morgan fingerprint density at radius 2 is 2.38 bits per heavy atom. The molecule has 4 N–H and O–H groups in total. The van der Waals surface area contributed by atoms with E-state index in [4.69, 9.17) is 10.6 Å². The van der Waals surface area contributed by atoms with Crippen molar-refractivity contribution in [3.8, 4) is 0 Å². The lowest BCUT2D eigenvalue weighted by Crippen LogP contribution is -2.10. The average molecular weight is 240 g/mol. The number of nitrogens with two attached hydrogens (primary N) is 1. The summed E-state index contributed by atoms with van der Waals surface area (Å²) in [6.45, 7) is 0. The van der Waals surface area contributed by atoms with E-state index in [2.05, 4.69) is 15.1 Å². The van der Waals surface area contributed by atoms with Gasteiger partial charge in [-0.1, -0.05) is 0 Å². The molecule has 0 fully saturated rings. The number of imidazole rings is 1. The molecule has 0 aliphatic heterocycles. The molecule has 0 radical (unpaired) electrons. The summed E-state index contributed by atoms with van der Waals surface area (Å²) in [5.41, 5.74) is 5.10. The lowest BCUT2D eigenvalue weighted by molar-refractivity contribution is 0.0996. The minimum Gasteiger partial charge on any atom is -0.364 e. The van der Waals surface area contributed by atoms with Gasteiger partial charge in [0, 0.05) is 18.5 Å². The van der Waals surface area contributed by atoms with Crippen molar-refractivity contribution in [3.63, 3.8) is 0 Å². The summed E-state index contributed by atoms with van der Waals surface area (Å²) in [6, 6.07) is 1.48. The Morgan fingerprint density at radius 1 is 1.62 bits per heavy atom. The van der Waals surface area contributed by atoms with Crippen LogP contribution in [0.3, 0.4) is 0 Å². The van der Waals surface area contributed by atoms with Crippen LogP contribution in [0, 0.1) is 0 Å². The lowest BCUT2D eigenvalue weighted by atomic mass is 10.5. The molecule has 1 unspecified atom stereocenters. The number of rotatable bonds is 3. The molecule has 2 heterocycles. The number of nitrogens with one attached hydrogen (secondary N) is 1. The molecule has 2 rings (SSSR count). The Morgan fingerprint density at radius 3 is 3.00 bits per heavy atom. The number of primary amides is 1. The van der Waals surface area contributed by atoms with Crippen molar-refractivity contribution in [2.24, 2.45) is 5.73 Å². The summed E-state index contributed by atoms with van der Waals surface area (Å²) in [5.74, 6) is -0.172. The fourth-order valence-corrected chi connectivity index (χ4v) is 1.58. The molecule has 16 heavy (non-hydrogen) atoms. The second-order valence-corrected chi connectivity index (χ2v) is 3.64. The normalized spacial score (nSPS) is 11.4.